The molecule has 0 rings (SSSR count). The average molecular weight is 298 g/mol. The van der Waals surface area contributed by atoms with Crippen LogP contribution in [0.15, 0.2) is 0 Å². The van der Waals surface area contributed by atoms with Gasteiger partial charge in [0.25, 0.3) is 0 Å². The van der Waals surface area contributed by atoms with Gasteiger partial charge in [-0.1, -0.05) is 0 Å². The minimum atomic E-state index is -0.552. The second kappa shape index (κ2) is 9.31. The first-order valence-electron chi connectivity index (χ1n) is 5.58. The fourth-order valence-corrected chi connectivity index (χ4v) is 1.55. The number of hydrogen-bond acceptors (Lipinski definition) is 4. The summed E-state index contributed by atoms with van der Waals surface area (Å²) in [5.41, 5.74) is -1.10. The van der Waals surface area contributed by atoms with Crippen LogP contribution in [0.25, 0.3) is 0 Å². The van der Waals surface area contributed by atoms with Crippen molar-refractivity contribution < 1.29 is 27.3 Å². The van der Waals surface area contributed by atoms with Crippen LogP contribution in [0, 0.1) is 0 Å². The van der Waals surface area contributed by atoms with E-state index in [4.69, 9.17) is 10.2 Å². The summed E-state index contributed by atoms with van der Waals surface area (Å²) in [5.74, 6) is 0. The Bertz CT molecular complexity index is 152. The molecule has 5 heteroatoms. The van der Waals surface area contributed by atoms with E-state index >= 15 is 0 Å². The average Bonchev–Trinajstić information content (AvgIpc) is 1.72. The maximum atomic E-state index is 9.15. The maximum absolute atomic E-state index is 9.15. The van der Waals surface area contributed by atoms with Crippen molar-refractivity contribution in [1.82, 2.24) is 9.80 Å². The van der Waals surface area contributed by atoms with Gasteiger partial charge in [0.1, 0.15) is 0 Å². The molecule has 0 aromatic heterocycles. The standard InChI is InChI=1S/2C6H15NO.Cu/c2*1-6(2,8)5-7(3)4;/h2*8H,5H2,1-4H3;. The fourth-order valence-electron chi connectivity index (χ4n) is 1.55. The maximum Gasteiger partial charge on any atom is 0.0717 e. The van der Waals surface area contributed by atoms with Crippen LogP contribution in [0.5, 0.6) is 0 Å². The molecule has 0 aromatic rings. The molecule has 0 saturated carbocycles. The van der Waals surface area contributed by atoms with E-state index in [1.54, 1.807) is 27.7 Å². The van der Waals surface area contributed by atoms with Crippen molar-refractivity contribution in [2.45, 2.75) is 38.9 Å². The third kappa shape index (κ3) is 31.4. The zero-order valence-corrected chi connectivity index (χ0v) is 13.4. The van der Waals surface area contributed by atoms with Gasteiger partial charge in [0.2, 0.25) is 0 Å². The van der Waals surface area contributed by atoms with Crippen LogP contribution in [0.4, 0.5) is 0 Å². The third-order valence-corrected chi connectivity index (χ3v) is 1.41. The Morgan fingerprint density at radius 3 is 0.882 bits per heavy atom. The number of hydrogen-bond donors (Lipinski definition) is 2. The molecule has 2 N–H and O–H groups in total. The first-order valence-corrected chi connectivity index (χ1v) is 5.58. The predicted octanol–water partition coefficient (Wildman–Crippen LogP) is 0.635. The number of aliphatic hydroxyl groups is 2. The van der Waals surface area contributed by atoms with Crippen LogP contribution in [-0.2, 0) is 17.1 Å². The molecule has 0 heterocycles. The Kier molecular flexibility index (Phi) is 12.3. The summed E-state index contributed by atoms with van der Waals surface area (Å²) in [6, 6.07) is 0. The van der Waals surface area contributed by atoms with E-state index in [2.05, 4.69) is 0 Å². The smallest absolute Gasteiger partial charge is 0.0717 e. The zero-order valence-electron chi connectivity index (χ0n) is 12.5. The van der Waals surface area contributed by atoms with Crippen molar-refractivity contribution in [2.24, 2.45) is 0 Å². The molecule has 4 nitrogen and oxygen atoms in total. The predicted molar refractivity (Wildman–Crippen MR) is 69.7 cm³/mol. The molecule has 0 aliphatic heterocycles. The second-order valence-corrected chi connectivity index (χ2v) is 6.10. The minimum absolute atomic E-state index is 0. The van der Waals surface area contributed by atoms with Gasteiger partial charge in [0, 0.05) is 30.2 Å². The monoisotopic (exact) mass is 297 g/mol. The molecule has 17 heavy (non-hydrogen) atoms. The van der Waals surface area contributed by atoms with Gasteiger partial charge in [-0.15, -0.1) is 0 Å². The Morgan fingerprint density at radius 1 is 0.706 bits per heavy atom. The van der Waals surface area contributed by atoms with Crippen LogP contribution in [0.1, 0.15) is 27.7 Å². The van der Waals surface area contributed by atoms with E-state index in [0.717, 1.165) is 0 Å². The van der Waals surface area contributed by atoms with Crippen molar-refractivity contribution in [3.63, 3.8) is 0 Å². The largest absolute Gasteiger partial charge is 0.389 e. The molecular weight excluding hydrogens is 268 g/mol. The summed E-state index contributed by atoms with van der Waals surface area (Å²) in [7, 11) is 7.77. The van der Waals surface area contributed by atoms with Crippen LogP contribution in [0.2, 0.25) is 0 Å². The van der Waals surface area contributed by atoms with Gasteiger partial charge < -0.3 is 20.0 Å². The summed E-state index contributed by atoms with van der Waals surface area (Å²) in [6.45, 7) is 8.62. The van der Waals surface area contributed by atoms with Gasteiger partial charge in [-0.3, -0.25) is 0 Å². The zero-order chi connectivity index (χ0) is 13.6. The summed E-state index contributed by atoms with van der Waals surface area (Å²) >= 11 is 0. The molecular formula is C12H30CuN2O2. The van der Waals surface area contributed by atoms with E-state index in [0.29, 0.717) is 13.1 Å². The van der Waals surface area contributed by atoms with E-state index in [-0.39, 0.29) is 17.1 Å². The molecule has 0 aliphatic carbocycles. The number of likely N-dealkylation sites (N-methyl/N-ethyl adjacent to an activating group) is 2. The van der Waals surface area contributed by atoms with Gasteiger partial charge in [0.05, 0.1) is 11.2 Å². The molecule has 0 saturated heterocycles. The van der Waals surface area contributed by atoms with Crippen LogP contribution in [0.3, 0.4) is 0 Å². The van der Waals surface area contributed by atoms with Gasteiger partial charge in [-0.05, 0) is 55.9 Å². The van der Waals surface area contributed by atoms with Crippen molar-refractivity contribution in [3.8, 4) is 0 Å². The van der Waals surface area contributed by atoms with Crippen LogP contribution >= 0.6 is 0 Å². The molecule has 0 fully saturated rings. The van der Waals surface area contributed by atoms with Gasteiger partial charge in [0.15, 0.2) is 0 Å². The molecule has 1 radical (unpaired) electrons. The van der Waals surface area contributed by atoms with E-state index in [9.17, 15) is 0 Å². The topological polar surface area (TPSA) is 46.9 Å². The molecule has 0 spiro atoms. The third-order valence-electron chi connectivity index (χ3n) is 1.41. The van der Waals surface area contributed by atoms with Crippen molar-refractivity contribution in [2.75, 3.05) is 41.3 Å². The van der Waals surface area contributed by atoms with Gasteiger partial charge >= 0.3 is 0 Å². The van der Waals surface area contributed by atoms with Crippen molar-refractivity contribution in [1.29, 1.82) is 0 Å². The Morgan fingerprint density at radius 2 is 0.882 bits per heavy atom. The summed E-state index contributed by atoms with van der Waals surface area (Å²) < 4.78 is 0. The van der Waals surface area contributed by atoms with Crippen molar-refractivity contribution >= 4 is 0 Å². The summed E-state index contributed by atoms with van der Waals surface area (Å²) in [6.07, 6.45) is 0. The molecule has 0 atom stereocenters. The molecule has 0 aliphatic rings. The second-order valence-electron chi connectivity index (χ2n) is 6.10. The summed E-state index contributed by atoms with van der Waals surface area (Å²) in [4.78, 5) is 3.92. The van der Waals surface area contributed by atoms with E-state index in [1.165, 1.54) is 0 Å². The van der Waals surface area contributed by atoms with E-state index in [1.807, 2.05) is 38.0 Å². The van der Waals surface area contributed by atoms with Gasteiger partial charge in [-0.25, -0.2) is 0 Å². The molecule has 111 valence electrons. The quantitative estimate of drug-likeness (QED) is 0.748. The Hall–Kier alpha value is 0.359. The number of rotatable bonds is 4. The van der Waals surface area contributed by atoms with E-state index < -0.39 is 11.2 Å². The first-order chi connectivity index (χ1) is 6.83. The first kappa shape index (κ1) is 22.5. The Labute approximate surface area is 117 Å². The fraction of sp³-hybridized carbons (Fsp3) is 1.00. The molecule has 0 aromatic carbocycles. The SMILES string of the molecule is CN(C)CC(C)(C)O.CN(C)CC(C)(C)O.[Cu]. The molecule has 0 amide bonds. The van der Waals surface area contributed by atoms with Gasteiger partial charge in [-0.2, -0.15) is 0 Å². The summed E-state index contributed by atoms with van der Waals surface area (Å²) in [5, 5.41) is 18.3. The molecule has 0 unspecified atom stereocenters. The number of nitrogens with zero attached hydrogens (tertiary/aromatic N) is 2. The molecule has 0 bridgehead atoms. The van der Waals surface area contributed by atoms with Crippen molar-refractivity contribution in [3.05, 3.63) is 0 Å². The minimum Gasteiger partial charge on any atom is -0.389 e. The Balaban J connectivity index is -0.000000218. The normalized spacial score (nSPS) is 12.0. The van der Waals surface area contributed by atoms with Crippen LogP contribution < -0.4 is 0 Å². The van der Waals surface area contributed by atoms with Crippen LogP contribution in [-0.4, -0.2) is 72.5 Å².